The van der Waals surface area contributed by atoms with Crippen LogP contribution in [0.1, 0.15) is 24.2 Å². The van der Waals surface area contributed by atoms with Gasteiger partial charge in [-0.1, -0.05) is 30.3 Å². The molecule has 4 rings (SSSR count). The Morgan fingerprint density at radius 2 is 1.80 bits per heavy atom. The summed E-state index contributed by atoms with van der Waals surface area (Å²) in [4.78, 5) is 12.3. The third-order valence-corrected chi connectivity index (χ3v) is 5.51. The van der Waals surface area contributed by atoms with E-state index in [9.17, 15) is 0 Å². The summed E-state index contributed by atoms with van der Waals surface area (Å²) in [6, 6.07) is 16.8. The maximum absolute atomic E-state index is 4.64. The molecule has 2 aromatic heterocycles. The van der Waals surface area contributed by atoms with E-state index in [1.165, 1.54) is 22.0 Å². The van der Waals surface area contributed by atoms with Gasteiger partial charge in [-0.25, -0.2) is 4.98 Å². The number of aliphatic imine (C=N–C) groups is 1. The lowest BCUT2D eigenvalue weighted by Gasteiger charge is -2.12. The van der Waals surface area contributed by atoms with Crippen LogP contribution in [0.2, 0.25) is 0 Å². The minimum absolute atomic E-state index is 0.862. The lowest BCUT2D eigenvalue weighted by Crippen LogP contribution is -2.38. The van der Waals surface area contributed by atoms with E-state index in [1.807, 2.05) is 13.1 Å². The van der Waals surface area contributed by atoms with Gasteiger partial charge in [-0.3, -0.25) is 4.99 Å². The van der Waals surface area contributed by atoms with Gasteiger partial charge in [0.2, 0.25) is 0 Å². The van der Waals surface area contributed by atoms with Crippen LogP contribution in [0.3, 0.4) is 0 Å². The van der Waals surface area contributed by atoms with Crippen LogP contribution in [0, 0.1) is 6.92 Å². The van der Waals surface area contributed by atoms with E-state index in [2.05, 4.69) is 85.7 Å². The molecule has 2 aromatic carbocycles. The van der Waals surface area contributed by atoms with Gasteiger partial charge < -0.3 is 20.2 Å². The van der Waals surface area contributed by atoms with Gasteiger partial charge in [0.05, 0.1) is 11.0 Å². The molecule has 3 N–H and O–H groups in total. The summed E-state index contributed by atoms with van der Waals surface area (Å²) in [7, 11) is 1.82. The Kier molecular flexibility index (Phi) is 6.32. The molecule has 0 aliphatic rings. The van der Waals surface area contributed by atoms with Crippen molar-refractivity contribution in [3.05, 3.63) is 66.1 Å². The molecule has 4 aromatic rings. The van der Waals surface area contributed by atoms with Crippen molar-refractivity contribution in [2.24, 2.45) is 4.99 Å². The molecule has 6 nitrogen and oxygen atoms in total. The fraction of sp³-hybridized carbons (Fsp3) is 0.333. The number of hydrogen-bond donors (Lipinski definition) is 3. The van der Waals surface area contributed by atoms with Crippen LogP contribution < -0.4 is 10.6 Å². The second-order valence-electron chi connectivity index (χ2n) is 7.54. The predicted octanol–water partition coefficient (Wildman–Crippen LogP) is 4.01. The summed E-state index contributed by atoms with van der Waals surface area (Å²) >= 11 is 0. The Hall–Kier alpha value is -3.28. The predicted molar refractivity (Wildman–Crippen MR) is 125 cm³/mol. The van der Waals surface area contributed by atoms with Crippen molar-refractivity contribution in [3.8, 4) is 0 Å². The van der Waals surface area contributed by atoms with Gasteiger partial charge in [-0.15, -0.1) is 0 Å². The van der Waals surface area contributed by atoms with Crippen LogP contribution >= 0.6 is 0 Å². The van der Waals surface area contributed by atoms with Gasteiger partial charge in [-0.05, 0) is 49.9 Å². The Balaban J connectivity index is 1.19. The second kappa shape index (κ2) is 9.48. The summed E-state index contributed by atoms with van der Waals surface area (Å²) in [6.45, 7) is 4.77. The Morgan fingerprint density at radius 1 is 1.03 bits per heavy atom. The molecule has 0 radical (unpaired) electrons. The molecule has 0 aliphatic heterocycles. The molecule has 0 saturated carbocycles. The number of H-pyrrole nitrogens is 1. The summed E-state index contributed by atoms with van der Waals surface area (Å²) < 4.78 is 2.29. The molecule has 30 heavy (non-hydrogen) atoms. The molecule has 0 atom stereocenters. The smallest absolute Gasteiger partial charge is 0.190 e. The van der Waals surface area contributed by atoms with E-state index in [0.717, 1.165) is 56.2 Å². The van der Waals surface area contributed by atoms with Crippen molar-refractivity contribution >= 4 is 27.9 Å². The molecule has 0 aliphatic carbocycles. The van der Waals surface area contributed by atoms with Crippen LogP contribution in [0.5, 0.6) is 0 Å². The first kappa shape index (κ1) is 20.0. The average Bonchev–Trinajstić information content (AvgIpc) is 3.33. The number of fused-ring (bicyclic) bond motifs is 2. The summed E-state index contributed by atoms with van der Waals surface area (Å²) in [5.74, 6) is 1.93. The standard InChI is InChI=1S/C24H30N6/c1-18-29-22-12-5-6-13-23(22)30(18)16-8-15-27-24(25-2)26-14-7-9-19-17-28-21-11-4-3-10-20(19)21/h3-6,10-13,17,28H,7-9,14-16H2,1-2H3,(H2,25,26,27). The van der Waals surface area contributed by atoms with Crippen molar-refractivity contribution < 1.29 is 0 Å². The number of rotatable bonds is 8. The highest BCUT2D eigenvalue weighted by Crippen LogP contribution is 2.18. The summed E-state index contributed by atoms with van der Waals surface area (Å²) in [5.41, 5.74) is 4.85. The van der Waals surface area contributed by atoms with Crippen LogP contribution in [-0.4, -0.2) is 40.6 Å². The Morgan fingerprint density at radius 3 is 2.67 bits per heavy atom. The zero-order valence-electron chi connectivity index (χ0n) is 17.8. The maximum atomic E-state index is 4.64. The molecular formula is C24H30N6. The number of aromatic amines is 1. The number of imidazole rings is 1. The zero-order chi connectivity index (χ0) is 20.8. The van der Waals surface area contributed by atoms with E-state index in [4.69, 9.17) is 0 Å². The topological polar surface area (TPSA) is 70.0 Å². The van der Waals surface area contributed by atoms with Crippen LogP contribution in [-0.2, 0) is 13.0 Å². The number of aromatic nitrogens is 3. The lowest BCUT2D eigenvalue weighted by molar-refractivity contribution is 0.623. The van der Waals surface area contributed by atoms with Crippen molar-refractivity contribution in [1.82, 2.24) is 25.2 Å². The van der Waals surface area contributed by atoms with Crippen LogP contribution in [0.25, 0.3) is 21.9 Å². The van der Waals surface area contributed by atoms with E-state index in [0.29, 0.717) is 0 Å². The molecule has 0 bridgehead atoms. The molecule has 0 unspecified atom stereocenters. The maximum Gasteiger partial charge on any atom is 0.190 e. The third-order valence-electron chi connectivity index (χ3n) is 5.51. The minimum atomic E-state index is 0.862. The van der Waals surface area contributed by atoms with Crippen molar-refractivity contribution in [2.75, 3.05) is 20.1 Å². The van der Waals surface area contributed by atoms with Gasteiger partial charge in [0.1, 0.15) is 5.82 Å². The minimum Gasteiger partial charge on any atom is -0.361 e. The number of hydrogen-bond acceptors (Lipinski definition) is 2. The van der Waals surface area contributed by atoms with Crippen molar-refractivity contribution in [3.63, 3.8) is 0 Å². The van der Waals surface area contributed by atoms with Gasteiger partial charge in [-0.2, -0.15) is 0 Å². The van der Waals surface area contributed by atoms with Crippen LogP contribution in [0.4, 0.5) is 0 Å². The molecule has 0 fully saturated rings. The molecule has 156 valence electrons. The first-order valence-corrected chi connectivity index (χ1v) is 10.7. The van der Waals surface area contributed by atoms with E-state index in [-0.39, 0.29) is 0 Å². The highest BCUT2D eigenvalue weighted by Gasteiger charge is 2.06. The number of nitrogens with one attached hydrogen (secondary N) is 3. The van der Waals surface area contributed by atoms with Crippen molar-refractivity contribution in [1.29, 1.82) is 0 Å². The summed E-state index contributed by atoms with van der Waals surface area (Å²) in [6.07, 6.45) is 5.24. The molecule has 2 heterocycles. The molecule has 6 heteroatoms. The highest BCUT2D eigenvalue weighted by atomic mass is 15.2. The average molecular weight is 403 g/mol. The third kappa shape index (κ3) is 4.48. The fourth-order valence-corrected chi connectivity index (χ4v) is 3.97. The number of nitrogens with zero attached hydrogens (tertiary/aromatic N) is 3. The Labute approximate surface area is 177 Å². The number of guanidine groups is 1. The number of para-hydroxylation sites is 3. The monoisotopic (exact) mass is 402 g/mol. The first-order chi connectivity index (χ1) is 14.8. The Bertz CT molecular complexity index is 1140. The zero-order valence-corrected chi connectivity index (χ0v) is 17.8. The van der Waals surface area contributed by atoms with Gasteiger partial charge in [0.15, 0.2) is 5.96 Å². The largest absolute Gasteiger partial charge is 0.361 e. The molecular weight excluding hydrogens is 372 g/mol. The molecule has 0 amide bonds. The van der Waals surface area contributed by atoms with Gasteiger partial charge in [0, 0.05) is 43.8 Å². The quantitative estimate of drug-likeness (QED) is 0.237. The lowest BCUT2D eigenvalue weighted by atomic mass is 10.1. The normalized spacial score (nSPS) is 12.0. The number of aryl methyl sites for hydroxylation is 3. The van der Waals surface area contributed by atoms with Crippen molar-refractivity contribution in [2.45, 2.75) is 32.7 Å². The van der Waals surface area contributed by atoms with Gasteiger partial charge in [0.25, 0.3) is 0 Å². The highest BCUT2D eigenvalue weighted by molar-refractivity contribution is 5.83. The fourth-order valence-electron chi connectivity index (χ4n) is 3.97. The van der Waals surface area contributed by atoms with E-state index in [1.54, 1.807) is 0 Å². The van der Waals surface area contributed by atoms with Gasteiger partial charge >= 0.3 is 0 Å². The van der Waals surface area contributed by atoms with E-state index >= 15 is 0 Å². The molecule has 0 spiro atoms. The summed E-state index contributed by atoms with van der Waals surface area (Å²) in [5, 5.41) is 8.17. The number of benzene rings is 2. The molecule has 0 saturated heterocycles. The van der Waals surface area contributed by atoms with Crippen LogP contribution in [0.15, 0.2) is 59.7 Å². The SMILES string of the molecule is CN=C(NCCCc1c[nH]c2ccccc12)NCCCn1c(C)nc2ccccc21. The van der Waals surface area contributed by atoms with E-state index < -0.39 is 0 Å². The second-order valence-corrected chi connectivity index (χ2v) is 7.54. The first-order valence-electron chi connectivity index (χ1n) is 10.7.